The summed E-state index contributed by atoms with van der Waals surface area (Å²) in [6, 6.07) is 8.65. The predicted molar refractivity (Wildman–Crippen MR) is 82.6 cm³/mol. The van der Waals surface area contributed by atoms with E-state index in [4.69, 9.17) is 0 Å². The minimum atomic E-state index is -0.877. The largest absolute Gasteiger partial charge is 0.387 e. The van der Waals surface area contributed by atoms with Gasteiger partial charge in [-0.05, 0) is 36.6 Å². The Kier molecular flexibility index (Phi) is 4.20. The molecule has 0 spiro atoms. The van der Waals surface area contributed by atoms with Crippen LogP contribution >= 0.6 is 0 Å². The maximum atomic E-state index is 13.0. The second-order valence-electron chi connectivity index (χ2n) is 5.55. The number of nitro groups is 1. The van der Waals surface area contributed by atoms with Crippen LogP contribution in [0.25, 0.3) is 0 Å². The normalized spacial score (nSPS) is 15.2. The van der Waals surface area contributed by atoms with Crippen LogP contribution in [-0.4, -0.2) is 27.6 Å². The lowest BCUT2D eigenvalue weighted by atomic mass is 10.1. The lowest BCUT2D eigenvalue weighted by Gasteiger charge is -2.26. The number of aliphatic hydroxyl groups is 1. The van der Waals surface area contributed by atoms with E-state index >= 15 is 0 Å². The molecule has 7 heteroatoms. The van der Waals surface area contributed by atoms with Crippen LogP contribution in [-0.2, 0) is 0 Å². The van der Waals surface area contributed by atoms with E-state index in [1.165, 1.54) is 42.6 Å². The van der Waals surface area contributed by atoms with Gasteiger partial charge in [0.25, 0.3) is 0 Å². The van der Waals surface area contributed by atoms with Crippen LogP contribution in [0.15, 0.2) is 42.6 Å². The van der Waals surface area contributed by atoms with Gasteiger partial charge in [-0.2, -0.15) is 0 Å². The first-order valence-electron chi connectivity index (χ1n) is 7.36. The Morgan fingerprint density at radius 3 is 2.65 bits per heavy atom. The van der Waals surface area contributed by atoms with E-state index in [0.29, 0.717) is 5.56 Å². The number of benzene rings is 1. The van der Waals surface area contributed by atoms with Crippen molar-refractivity contribution in [1.29, 1.82) is 0 Å². The van der Waals surface area contributed by atoms with Crippen molar-refractivity contribution >= 4 is 11.5 Å². The molecule has 0 saturated heterocycles. The Morgan fingerprint density at radius 2 is 2.04 bits per heavy atom. The highest BCUT2D eigenvalue weighted by Gasteiger charge is 2.35. The van der Waals surface area contributed by atoms with Crippen molar-refractivity contribution in [3.8, 4) is 0 Å². The molecule has 0 radical (unpaired) electrons. The smallest absolute Gasteiger partial charge is 0.311 e. The van der Waals surface area contributed by atoms with Crippen LogP contribution in [0.5, 0.6) is 0 Å². The summed E-state index contributed by atoms with van der Waals surface area (Å²) in [5, 5.41) is 21.6. The van der Waals surface area contributed by atoms with E-state index in [1.807, 2.05) is 0 Å². The molecular formula is C16H16FN3O3. The number of pyridine rings is 1. The molecule has 1 atom stereocenters. The van der Waals surface area contributed by atoms with Crippen molar-refractivity contribution in [3.05, 3.63) is 64.1 Å². The summed E-state index contributed by atoms with van der Waals surface area (Å²) in [7, 11) is 0. The number of hydrogen-bond donors (Lipinski definition) is 1. The monoisotopic (exact) mass is 317 g/mol. The van der Waals surface area contributed by atoms with E-state index in [0.717, 1.165) is 12.8 Å². The van der Waals surface area contributed by atoms with Crippen LogP contribution < -0.4 is 4.90 Å². The summed E-state index contributed by atoms with van der Waals surface area (Å²) < 4.78 is 13.0. The second-order valence-corrected chi connectivity index (χ2v) is 5.55. The van der Waals surface area contributed by atoms with Gasteiger partial charge < -0.3 is 10.0 Å². The maximum Gasteiger partial charge on any atom is 0.311 e. The Bertz CT molecular complexity index is 704. The van der Waals surface area contributed by atoms with Gasteiger partial charge in [0.15, 0.2) is 0 Å². The molecule has 0 bridgehead atoms. The van der Waals surface area contributed by atoms with Crippen LogP contribution in [0, 0.1) is 15.9 Å². The number of aromatic nitrogens is 1. The SMILES string of the molecule is O=[N+]([O-])c1cccnc1N(C[C@H](O)c1ccc(F)cc1)C1CC1. The van der Waals surface area contributed by atoms with Gasteiger partial charge in [-0.25, -0.2) is 9.37 Å². The Balaban J connectivity index is 1.85. The van der Waals surface area contributed by atoms with Crippen LogP contribution in [0.4, 0.5) is 15.9 Å². The molecule has 1 fully saturated rings. The van der Waals surface area contributed by atoms with E-state index in [-0.39, 0.29) is 29.9 Å². The van der Waals surface area contributed by atoms with Crippen molar-refractivity contribution in [3.63, 3.8) is 0 Å². The molecule has 1 aromatic heterocycles. The standard InChI is InChI=1S/C16H16FN3O3/c17-12-5-3-11(4-6-12)15(21)10-19(13-7-8-13)16-14(20(22)23)2-1-9-18-16/h1-6,9,13,15,21H,7-8,10H2/t15-/m0/s1. The summed E-state index contributed by atoms with van der Waals surface area (Å²) in [6.07, 6.45) is 2.44. The van der Waals surface area contributed by atoms with E-state index in [2.05, 4.69) is 4.98 Å². The van der Waals surface area contributed by atoms with Gasteiger partial charge in [-0.1, -0.05) is 12.1 Å². The molecule has 6 nitrogen and oxygen atoms in total. The Labute approximate surface area is 132 Å². The van der Waals surface area contributed by atoms with E-state index in [9.17, 15) is 19.6 Å². The quantitative estimate of drug-likeness (QED) is 0.654. The number of nitrogens with zero attached hydrogens (tertiary/aromatic N) is 3. The summed E-state index contributed by atoms with van der Waals surface area (Å²) in [5.74, 6) is -0.110. The molecule has 23 heavy (non-hydrogen) atoms. The summed E-state index contributed by atoms with van der Waals surface area (Å²) >= 11 is 0. The fourth-order valence-corrected chi connectivity index (χ4v) is 2.52. The molecule has 0 unspecified atom stereocenters. The molecular weight excluding hydrogens is 301 g/mol. The highest BCUT2D eigenvalue weighted by Crippen LogP contribution is 2.36. The number of hydrogen-bond acceptors (Lipinski definition) is 5. The molecule has 3 rings (SSSR count). The number of anilines is 1. The predicted octanol–water partition coefficient (Wildman–Crippen LogP) is 2.83. The van der Waals surface area contributed by atoms with Gasteiger partial charge in [0.05, 0.1) is 17.6 Å². The summed E-state index contributed by atoms with van der Waals surface area (Å²) in [5.41, 5.74) is 0.487. The highest BCUT2D eigenvalue weighted by atomic mass is 19.1. The van der Waals surface area contributed by atoms with Crippen molar-refractivity contribution in [1.82, 2.24) is 4.98 Å². The molecule has 1 saturated carbocycles. The molecule has 1 N–H and O–H groups in total. The average molecular weight is 317 g/mol. The first-order chi connectivity index (χ1) is 11.1. The van der Waals surface area contributed by atoms with E-state index < -0.39 is 11.0 Å². The zero-order chi connectivity index (χ0) is 16.4. The Hall–Kier alpha value is -2.54. The van der Waals surface area contributed by atoms with Crippen molar-refractivity contribution in [2.75, 3.05) is 11.4 Å². The van der Waals surface area contributed by atoms with Gasteiger partial charge in [-0.15, -0.1) is 0 Å². The third kappa shape index (κ3) is 3.45. The number of rotatable bonds is 6. The molecule has 0 aliphatic heterocycles. The minimum absolute atomic E-state index is 0.0780. The molecule has 0 amide bonds. The zero-order valence-electron chi connectivity index (χ0n) is 12.3. The fourth-order valence-electron chi connectivity index (χ4n) is 2.52. The van der Waals surface area contributed by atoms with Gasteiger partial charge in [-0.3, -0.25) is 10.1 Å². The first-order valence-corrected chi connectivity index (χ1v) is 7.36. The molecule has 1 aromatic carbocycles. The van der Waals surface area contributed by atoms with Gasteiger partial charge >= 0.3 is 5.69 Å². The average Bonchev–Trinajstić information content (AvgIpc) is 3.38. The van der Waals surface area contributed by atoms with Crippen molar-refractivity contribution in [2.45, 2.75) is 25.0 Å². The van der Waals surface area contributed by atoms with Crippen LogP contribution in [0.3, 0.4) is 0 Å². The fraction of sp³-hybridized carbons (Fsp3) is 0.312. The zero-order valence-corrected chi connectivity index (χ0v) is 12.3. The van der Waals surface area contributed by atoms with Gasteiger partial charge in [0, 0.05) is 18.3 Å². The Morgan fingerprint density at radius 1 is 1.35 bits per heavy atom. The van der Waals surface area contributed by atoms with Crippen LogP contribution in [0.2, 0.25) is 0 Å². The third-order valence-electron chi connectivity index (χ3n) is 3.85. The van der Waals surface area contributed by atoms with Crippen molar-refractivity contribution in [2.24, 2.45) is 0 Å². The summed E-state index contributed by atoms with van der Waals surface area (Å²) in [4.78, 5) is 16.6. The lowest BCUT2D eigenvalue weighted by molar-refractivity contribution is -0.384. The molecule has 120 valence electrons. The molecule has 1 aliphatic carbocycles. The number of aliphatic hydroxyl groups excluding tert-OH is 1. The van der Waals surface area contributed by atoms with Crippen molar-refractivity contribution < 1.29 is 14.4 Å². The summed E-state index contributed by atoms with van der Waals surface area (Å²) in [6.45, 7) is 0.175. The van der Waals surface area contributed by atoms with Gasteiger partial charge in [0.2, 0.25) is 5.82 Å². The minimum Gasteiger partial charge on any atom is -0.387 e. The third-order valence-corrected chi connectivity index (χ3v) is 3.85. The van der Waals surface area contributed by atoms with Gasteiger partial charge in [0.1, 0.15) is 5.82 Å². The lowest BCUT2D eigenvalue weighted by Crippen LogP contribution is -2.32. The topological polar surface area (TPSA) is 79.5 Å². The first kappa shape index (κ1) is 15.4. The highest BCUT2D eigenvalue weighted by molar-refractivity contribution is 5.58. The van der Waals surface area contributed by atoms with Crippen LogP contribution in [0.1, 0.15) is 24.5 Å². The second kappa shape index (κ2) is 6.29. The van der Waals surface area contributed by atoms with E-state index in [1.54, 1.807) is 4.90 Å². The maximum absolute atomic E-state index is 13.0. The number of halogens is 1. The molecule has 1 heterocycles. The molecule has 2 aromatic rings. The molecule has 1 aliphatic rings.